The summed E-state index contributed by atoms with van der Waals surface area (Å²) in [6.07, 6.45) is 1.32. The van der Waals surface area contributed by atoms with E-state index in [2.05, 4.69) is 0 Å². The summed E-state index contributed by atoms with van der Waals surface area (Å²) in [4.78, 5) is 21.0. The highest BCUT2D eigenvalue weighted by molar-refractivity contribution is 5.76. The van der Waals surface area contributed by atoms with Gasteiger partial charge in [-0.15, -0.1) is 0 Å². The summed E-state index contributed by atoms with van der Waals surface area (Å²) >= 11 is 0. The molecule has 82 valence electrons. The van der Waals surface area contributed by atoms with Crippen molar-refractivity contribution in [2.45, 2.75) is 26.7 Å². The van der Waals surface area contributed by atoms with Crippen LogP contribution in [-0.2, 0) is 19.1 Å². The van der Waals surface area contributed by atoms with Gasteiger partial charge in [-0.05, 0) is 20.3 Å². The first kappa shape index (κ1) is 13.3. The quantitative estimate of drug-likeness (QED) is 0.523. The number of rotatable bonds is 9. The van der Waals surface area contributed by atoms with E-state index in [1.807, 2.05) is 0 Å². The summed E-state index contributed by atoms with van der Waals surface area (Å²) in [6.45, 7) is 4.67. The van der Waals surface area contributed by atoms with Crippen LogP contribution >= 0.6 is 0 Å². The van der Waals surface area contributed by atoms with Crippen LogP contribution in [0, 0.1) is 0 Å². The fourth-order valence-electron chi connectivity index (χ4n) is 0.859. The van der Waals surface area contributed by atoms with Gasteiger partial charge in [0.05, 0.1) is 13.2 Å². The molecule has 0 aromatic carbocycles. The van der Waals surface area contributed by atoms with Gasteiger partial charge in [-0.3, -0.25) is 4.79 Å². The van der Waals surface area contributed by atoms with Crippen LogP contribution in [0.1, 0.15) is 26.7 Å². The Bertz CT molecular complexity index is 157. The highest BCUT2D eigenvalue weighted by atomic mass is 16.5. The normalized spacial score (nSPS) is 10.1. The predicted octanol–water partition coefficient (Wildman–Crippen LogP) is 0.978. The SMILES string of the molecule is CC(=O)CCCOCCOCC(C)=O. The van der Waals surface area contributed by atoms with Crippen LogP contribution in [0.3, 0.4) is 0 Å². The Kier molecular flexibility index (Phi) is 8.37. The van der Waals surface area contributed by atoms with Crippen molar-refractivity contribution in [1.82, 2.24) is 0 Å². The van der Waals surface area contributed by atoms with Gasteiger partial charge in [0.15, 0.2) is 5.78 Å². The maximum Gasteiger partial charge on any atom is 0.155 e. The molecular weight excluding hydrogens is 184 g/mol. The van der Waals surface area contributed by atoms with Crippen LogP contribution in [0.15, 0.2) is 0 Å². The molecule has 0 rings (SSSR count). The van der Waals surface area contributed by atoms with Crippen LogP contribution in [0.25, 0.3) is 0 Å². The lowest BCUT2D eigenvalue weighted by atomic mass is 10.2. The molecule has 0 atom stereocenters. The Labute approximate surface area is 84.6 Å². The van der Waals surface area contributed by atoms with Gasteiger partial charge in [0.2, 0.25) is 0 Å². The molecule has 0 saturated heterocycles. The lowest BCUT2D eigenvalue weighted by Crippen LogP contribution is -2.10. The van der Waals surface area contributed by atoms with E-state index in [-0.39, 0.29) is 18.2 Å². The molecule has 0 unspecified atom stereocenters. The van der Waals surface area contributed by atoms with E-state index >= 15 is 0 Å². The number of Topliss-reactive ketones (excluding diaryl/α,β-unsaturated/α-hetero) is 2. The second-order valence-corrected chi connectivity index (χ2v) is 3.17. The van der Waals surface area contributed by atoms with E-state index < -0.39 is 0 Å². The minimum atomic E-state index is 0.0154. The van der Waals surface area contributed by atoms with Gasteiger partial charge in [0.1, 0.15) is 12.4 Å². The van der Waals surface area contributed by atoms with Crippen LogP contribution < -0.4 is 0 Å². The van der Waals surface area contributed by atoms with Crippen LogP contribution in [-0.4, -0.2) is 38.0 Å². The van der Waals surface area contributed by atoms with Crippen LogP contribution in [0.4, 0.5) is 0 Å². The summed E-state index contributed by atoms with van der Waals surface area (Å²) in [5, 5.41) is 0. The molecule has 0 aliphatic carbocycles. The molecule has 0 radical (unpaired) electrons. The Balaban J connectivity index is 2.99. The molecule has 0 aliphatic rings. The van der Waals surface area contributed by atoms with Gasteiger partial charge in [-0.1, -0.05) is 0 Å². The molecule has 0 heterocycles. The minimum absolute atomic E-state index is 0.0154. The summed E-state index contributed by atoms with van der Waals surface area (Å²) in [5.74, 6) is 0.197. The van der Waals surface area contributed by atoms with Crippen molar-refractivity contribution in [3.63, 3.8) is 0 Å². The third-order valence-electron chi connectivity index (χ3n) is 1.49. The summed E-state index contributed by atoms with van der Waals surface area (Å²) in [6, 6.07) is 0. The van der Waals surface area contributed by atoms with E-state index in [4.69, 9.17) is 9.47 Å². The molecule has 14 heavy (non-hydrogen) atoms. The number of hydrogen-bond acceptors (Lipinski definition) is 4. The molecule has 4 nitrogen and oxygen atoms in total. The first-order valence-electron chi connectivity index (χ1n) is 4.77. The van der Waals surface area contributed by atoms with Crippen molar-refractivity contribution in [1.29, 1.82) is 0 Å². The second-order valence-electron chi connectivity index (χ2n) is 3.17. The maximum atomic E-state index is 10.5. The van der Waals surface area contributed by atoms with Crippen molar-refractivity contribution < 1.29 is 19.1 Å². The highest BCUT2D eigenvalue weighted by Crippen LogP contribution is 1.91. The monoisotopic (exact) mass is 202 g/mol. The fraction of sp³-hybridized carbons (Fsp3) is 0.800. The molecule has 0 aromatic heterocycles. The van der Waals surface area contributed by atoms with Gasteiger partial charge < -0.3 is 14.3 Å². The second kappa shape index (κ2) is 8.84. The number of carbonyl (C=O) groups excluding carboxylic acids is 2. The van der Waals surface area contributed by atoms with Crippen molar-refractivity contribution in [2.75, 3.05) is 26.4 Å². The largest absolute Gasteiger partial charge is 0.379 e. The van der Waals surface area contributed by atoms with E-state index in [0.29, 0.717) is 26.2 Å². The first-order chi connectivity index (χ1) is 6.63. The molecule has 0 N–H and O–H groups in total. The number of ether oxygens (including phenoxy) is 2. The van der Waals surface area contributed by atoms with Crippen molar-refractivity contribution in [3.05, 3.63) is 0 Å². The third kappa shape index (κ3) is 11.3. The van der Waals surface area contributed by atoms with Crippen molar-refractivity contribution in [3.8, 4) is 0 Å². The molecule has 0 amide bonds. The number of carbonyl (C=O) groups is 2. The van der Waals surface area contributed by atoms with E-state index in [9.17, 15) is 9.59 Å². The average Bonchev–Trinajstić information content (AvgIpc) is 2.08. The Morgan fingerprint density at radius 2 is 1.57 bits per heavy atom. The average molecular weight is 202 g/mol. The Hall–Kier alpha value is -0.740. The summed E-state index contributed by atoms with van der Waals surface area (Å²) in [7, 11) is 0. The predicted molar refractivity (Wildman–Crippen MR) is 52.2 cm³/mol. The smallest absolute Gasteiger partial charge is 0.155 e. The molecule has 0 bridgehead atoms. The lowest BCUT2D eigenvalue weighted by Gasteiger charge is -2.03. The zero-order valence-electron chi connectivity index (χ0n) is 8.88. The fourth-order valence-corrected chi connectivity index (χ4v) is 0.859. The standard InChI is InChI=1S/C10H18O4/c1-9(11)4-3-5-13-6-7-14-8-10(2)12/h3-8H2,1-2H3. The third-order valence-corrected chi connectivity index (χ3v) is 1.49. The zero-order chi connectivity index (χ0) is 10.8. The van der Waals surface area contributed by atoms with Crippen LogP contribution in [0.2, 0.25) is 0 Å². The molecule has 0 spiro atoms. The number of ketones is 2. The van der Waals surface area contributed by atoms with E-state index in [0.717, 1.165) is 6.42 Å². The van der Waals surface area contributed by atoms with Gasteiger partial charge in [0.25, 0.3) is 0 Å². The molecule has 0 aromatic rings. The van der Waals surface area contributed by atoms with Gasteiger partial charge >= 0.3 is 0 Å². The topological polar surface area (TPSA) is 52.6 Å². The summed E-state index contributed by atoms with van der Waals surface area (Å²) < 4.78 is 10.2. The molecule has 0 saturated carbocycles. The molecular formula is C10H18O4. The molecule has 0 fully saturated rings. The highest BCUT2D eigenvalue weighted by Gasteiger charge is 1.95. The number of hydrogen-bond donors (Lipinski definition) is 0. The molecule has 0 aliphatic heterocycles. The zero-order valence-corrected chi connectivity index (χ0v) is 8.88. The summed E-state index contributed by atoms with van der Waals surface area (Å²) in [5.41, 5.74) is 0. The van der Waals surface area contributed by atoms with Gasteiger partial charge in [-0.25, -0.2) is 0 Å². The van der Waals surface area contributed by atoms with Crippen LogP contribution in [0.5, 0.6) is 0 Å². The van der Waals surface area contributed by atoms with E-state index in [1.165, 1.54) is 6.92 Å². The Morgan fingerprint density at radius 1 is 0.929 bits per heavy atom. The first-order valence-corrected chi connectivity index (χ1v) is 4.77. The van der Waals surface area contributed by atoms with Crippen molar-refractivity contribution >= 4 is 11.6 Å². The lowest BCUT2D eigenvalue weighted by molar-refractivity contribution is -0.122. The van der Waals surface area contributed by atoms with E-state index in [1.54, 1.807) is 6.92 Å². The maximum absolute atomic E-state index is 10.5. The Morgan fingerprint density at radius 3 is 2.14 bits per heavy atom. The van der Waals surface area contributed by atoms with Gasteiger partial charge in [-0.2, -0.15) is 0 Å². The molecule has 4 heteroatoms. The van der Waals surface area contributed by atoms with Crippen molar-refractivity contribution in [2.24, 2.45) is 0 Å². The van der Waals surface area contributed by atoms with Gasteiger partial charge in [0, 0.05) is 13.0 Å². The minimum Gasteiger partial charge on any atom is -0.379 e.